The summed E-state index contributed by atoms with van der Waals surface area (Å²) >= 11 is 0. The second-order valence-electron chi connectivity index (χ2n) is 3.71. The van der Waals surface area contributed by atoms with Gasteiger partial charge in [-0.15, -0.1) is 0 Å². The summed E-state index contributed by atoms with van der Waals surface area (Å²) in [5.41, 5.74) is 0. The van der Waals surface area contributed by atoms with Crippen LogP contribution in [0.1, 0.15) is 20.3 Å². The number of carbonyl (C=O) groups excluding carboxylic acids is 1. The van der Waals surface area contributed by atoms with Gasteiger partial charge in [-0.25, -0.2) is 5.06 Å². The lowest BCUT2D eigenvalue weighted by molar-refractivity contribution is -0.189. The summed E-state index contributed by atoms with van der Waals surface area (Å²) in [4.78, 5) is 16.4. The van der Waals surface area contributed by atoms with Gasteiger partial charge in [-0.05, 0) is 18.6 Å². The van der Waals surface area contributed by atoms with E-state index in [0.717, 1.165) is 12.2 Å². The molecule has 17 heavy (non-hydrogen) atoms. The van der Waals surface area contributed by atoms with Gasteiger partial charge in [0.05, 0.1) is 13.2 Å². The first-order chi connectivity index (χ1) is 8.19. The highest BCUT2D eigenvalue weighted by Crippen LogP contribution is 2.12. The van der Waals surface area contributed by atoms with Crippen molar-refractivity contribution < 1.29 is 14.4 Å². The van der Waals surface area contributed by atoms with Crippen molar-refractivity contribution in [3.8, 4) is 5.75 Å². The van der Waals surface area contributed by atoms with Crippen molar-refractivity contribution in [1.82, 2.24) is 5.06 Å². The van der Waals surface area contributed by atoms with Gasteiger partial charge in [0, 0.05) is 6.92 Å². The lowest BCUT2D eigenvalue weighted by Crippen LogP contribution is -2.41. The van der Waals surface area contributed by atoms with E-state index in [1.54, 1.807) is 0 Å². The van der Waals surface area contributed by atoms with E-state index in [1.807, 2.05) is 37.3 Å². The Morgan fingerprint density at radius 1 is 1.35 bits per heavy atom. The van der Waals surface area contributed by atoms with Crippen molar-refractivity contribution in [1.29, 1.82) is 0 Å². The Balaban J connectivity index is 2.55. The van der Waals surface area contributed by atoms with E-state index in [9.17, 15) is 4.79 Å². The number of rotatable bonds is 6. The molecular weight excluding hydrogens is 218 g/mol. The fourth-order valence-corrected chi connectivity index (χ4v) is 1.60. The van der Waals surface area contributed by atoms with Crippen LogP contribution in [0.2, 0.25) is 0 Å². The molecule has 0 saturated heterocycles. The molecule has 0 radical (unpaired) electrons. The number of para-hydroxylation sites is 1. The Morgan fingerprint density at radius 3 is 2.47 bits per heavy atom. The Hall–Kier alpha value is -1.55. The second-order valence-corrected chi connectivity index (χ2v) is 3.71. The van der Waals surface area contributed by atoms with Gasteiger partial charge in [0.25, 0.3) is 0 Å². The molecule has 0 aliphatic carbocycles. The van der Waals surface area contributed by atoms with Gasteiger partial charge in [-0.1, -0.05) is 25.1 Å². The monoisotopic (exact) mass is 237 g/mol. The number of nitrogens with zero attached hydrogens (tertiary/aromatic N) is 1. The van der Waals surface area contributed by atoms with Gasteiger partial charge in [-0.3, -0.25) is 9.63 Å². The molecule has 0 heterocycles. The highest BCUT2D eigenvalue weighted by Gasteiger charge is 2.20. The molecule has 1 aromatic rings. The zero-order valence-corrected chi connectivity index (χ0v) is 10.6. The number of hydrogen-bond acceptors (Lipinski definition) is 3. The molecule has 0 aliphatic heterocycles. The van der Waals surface area contributed by atoms with Crippen LogP contribution in [0, 0.1) is 0 Å². The fraction of sp³-hybridized carbons (Fsp3) is 0.462. The first-order valence-electron chi connectivity index (χ1n) is 5.70. The van der Waals surface area contributed by atoms with E-state index in [2.05, 4.69) is 0 Å². The average Bonchev–Trinajstić information content (AvgIpc) is 2.35. The third-order valence-electron chi connectivity index (χ3n) is 2.50. The third-order valence-corrected chi connectivity index (χ3v) is 2.50. The quantitative estimate of drug-likeness (QED) is 0.712. The molecule has 1 atom stereocenters. The number of hydroxylamine groups is 2. The summed E-state index contributed by atoms with van der Waals surface area (Å²) in [6, 6.07) is 9.46. The number of benzene rings is 1. The Bertz CT molecular complexity index is 340. The molecule has 4 nitrogen and oxygen atoms in total. The van der Waals surface area contributed by atoms with Gasteiger partial charge in [0.1, 0.15) is 12.4 Å². The van der Waals surface area contributed by atoms with Crippen LogP contribution in [-0.4, -0.2) is 30.7 Å². The smallest absolute Gasteiger partial charge is 0.243 e. The predicted octanol–water partition coefficient (Wildman–Crippen LogP) is 2.25. The first-order valence-corrected chi connectivity index (χ1v) is 5.70. The van der Waals surface area contributed by atoms with Gasteiger partial charge in [-0.2, -0.15) is 0 Å². The molecule has 1 rings (SSSR count). The highest BCUT2D eigenvalue weighted by atomic mass is 16.7. The van der Waals surface area contributed by atoms with Gasteiger partial charge < -0.3 is 4.74 Å². The van der Waals surface area contributed by atoms with Gasteiger partial charge in [0.15, 0.2) is 0 Å². The normalized spacial score (nSPS) is 11.9. The SMILES string of the molecule is CCC(COc1ccccc1)N(OC)C(C)=O. The van der Waals surface area contributed by atoms with Crippen LogP contribution >= 0.6 is 0 Å². The van der Waals surface area contributed by atoms with Crippen LogP contribution < -0.4 is 4.74 Å². The second kappa shape index (κ2) is 6.91. The first kappa shape index (κ1) is 13.5. The van der Waals surface area contributed by atoms with E-state index in [-0.39, 0.29) is 11.9 Å². The summed E-state index contributed by atoms with van der Waals surface area (Å²) in [7, 11) is 1.49. The summed E-state index contributed by atoms with van der Waals surface area (Å²) in [6.45, 7) is 3.90. The van der Waals surface area contributed by atoms with E-state index < -0.39 is 0 Å². The molecule has 0 spiro atoms. The van der Waals surface area contributed by atoms with Crippen LogP contribution in [0.5, 0.6) is 5.75 Å². The molecule has 4 heteroatoms. The Kier molecular flexibility index (Phi) is 5.49. The Labute approximate surface area is 102 Å². The van der Waals surface area contributed by atoms with Crippen LogP contribution in [0.3, 0.4) is 0 Å². The van der Waals surface area contributed by atoms with Crippen LogP contribution in [0.15, 0.2) is 30.3 Å². The molecule has 94 valence electrons. The molecule has 0 N–H and O–H groups in total. The topological polar surface area (TPSA) is 38.8 Å². The molecule has 1 amide bonds. The van der Waals surface area contributed by atoms with Crippen molar-refractivity contribution in [2.45, 2.75) is 26.3 Å². The van der Waals surface area contributed by atoms with Gasteiger partial charge in [0.2, 0.25) is 5.91 Å². The summed E-state index contributed by atoms with van der Waals surface area (Å²) in [5.74, 6) is 0.682. The van der Waals surface area contributed by atoms with Crippen LogP contribution in [-0.2, 0) is 9.63 Å². The van der Waals surface area contributed by atoms with E-state index in [1.165, 1.54) is 19.1 Å². The van der Waals surface area contributed by atoms with Crippen molar-refractivity contribution in [3.63, 3.8) is 0 Å². The lowest BCUT2D eigenvalue weighted by atomic mass is 10.2. The number of amides is 1. The van der Waals surface area contributed by atoms with Gasteiger partial charge >= 0.3 is 0 Å². The third kappa shape index (κ3) is 4.07. The van der Waals surface area contributed by atoms with Crippen molar-refractivity contribution in [2.75, 3.05) is 13.7 Å². The van der Waals surface area contributed by atoms with Crippen molar-refractivity contribution >= 4 is 5.91 Å². The predicted molar refractivity (Wildman–Crippen MR) is 65.5 cm³/mol. The minimum absolute atomic E-state index is 0.0716. The van der Waals surface area contributed by atoms with Crippen molar-refractivity contribution in [3.05, 3.63) is 30.3 Å². The van der Waals surface area contributed by atoms with E-state index in [4.69, 9.17) is 9.57 Å². The molecule has 0 bridgehead atoms. The van der Waals surface area contributed by atoms with Crippen LogP contribution in [0.4, 0.5) is 0 Å². The minimum atomic E-state index is -0.115. The number of hydrogen-bond donors (Lipinski definition) is 0. The summed E-state index contributed by atoms with van der Waals surface area (Å²) < 4.78 is 5.62. The van der Waals surface area contributed by atoms with E-state index >= 15 is 0 Å². The zero-order chi connectivity index (χ0) is 12.7. The largest absolute Gasteiger partial charge is 0.491 e. The maximum Gasteiger partial charge on any atom is 0.243 e. The lowest BCUT2D eigenvalue weighted by Gasteiger charge is -2.27. The number of ether oxygens (including phenoxy) is 1. The summed E-state index contributed by atoms with van der Waals surface area (Å²) in [5, 5.41) is 1.35. The zero-order valence-electron chi connectivity index (χ0n) is 10.6. The molecule has 0 fully saturated rings. The molecule has 1 aromatic carbocycles. The molecule has 0 aromatic heterocycles. The average molecular weight is 237 g/mol. The minimum Gasteiger partial charge on any atom is -0.491 e. The molecule has 0 aliphatic rings. The summed E-state index contributed by atoms with van der Waals surface area (Å²) in [6.07, 6.45) is 0.778. The Morgan fingerprint density at radius 2 is 2.00 bits per heavy atom. The van der Waals surface area contributed by atoms with Crippen molar-refractivity contribution in [2.24, 2.45) is 0 Å². The maximum absolute atomic E-state index is 11.3. The standard InChI is InChI=1S/C13H19NO3/c1-4-12(14(16-3)11(2)15)10-17-13-8-6-5-7-9-13/h5-9,12H,4,10H2,1-3H3. The number of carbonyl (C=O) groups is 1. The highest BCUT2D eigenvalue weighted by molar-refractivity contribution is 5.72. The molecular formula is C13H19NO3. The fourth-order valence-electron chi connectivity index (χ4n) is 1.60. The maximum atomic E-state index is 11.3. The molecule has 1 unspecified atom stereocenters. The molecule has 0 saturated carbocycles. The van der Waals surface area contributed by atoms with Crippen LogP contribution in [0.25, 0.3) is 0 Å². The van der Waals surface area contributed by atoms with E-state index in [0.29, 0.717) is 6.61 Å².